The second kappa shape index (κ2) is 6.35. The number of hydrazone groups is 1. The molecule has 2 rings (SSSR count). The SMILES string of the molecule is C/C(=N/Nc1cn[nH]c(=O)c1Cl)c1ccc(C)c([N+](=O)[O-])c1. The number of nitrogens with one attached hydrogen (secondary N) is 2. The van der Waals surface area contributed by atoms with Crippen molar-refractivity contribution in [2.75, 3.05) is 5.43 Å². The van der Waals surface area contributed by atoms with Crippen LogP contribution in [-0.2, 0) is 0 Å². The number of nitro benzene ring substituents is 1. The van der Waals surface area contributed by atoms with Crippen LogP contribution in [0.5, 0.6) is 0 Å². The van der Waals surface area contributed by atoms with Crippen molar-refractivity contribution in [2.24, 2.45) is 5.10 Å². The van der Waals surface area contributed by atoms with Gasteiger partial charge in [0.05, 0.1) is 16.8 Å². The van der Waals surface area contributed by atoms with E-state index in [4.69, 9.17) is 11.6 Å². The number of halogens is 1. The first-order valence-electron chi connectivity index (χ1n) is 6.19. The maximum atomic E-state index is 11.3. The fourth-order valence-corrected chi connectivity index (χ4v) is 1.83. The summed E-state index contributed by atoms with van der Waals surface area (Å²) in [6, 6.07) is 4.81. The molecule has 1 aromatic carbocycles. The van der Waals surface area contributed by atoms with Crippen molar-refractivity contribution in [1.29, 1.82) is 0 Å². The van der Waals surface area contributed by atoms with Crippen LogP contribution in [0.15, 0.2) is 34.3 Å². The van der Waals surface area contributed by atoms with Crippen LogP contribution in [0.3, 0.4) is 0 Å². The molecule has 9 heteroatoms. The van der Waals surface area contributed by atoms with Crippen LogP contribution in [-0.4, -0.2) is 20.8 Å². The minimum absolute atomic E-state index is 0.0166. The third-order valence-electron chi connectivity index (χ3n) is 2.96. The summed E-state index contributed by atoms with van der Waals surface area (Å²) in [6.45, 7) is 3.34. The molecular weight excluding hydrogens is 310 g/mol. The summed E-state index contributed by atoms with van der Waals surface area (Å²) in [5, 5.41) is 20.7. The van der Waals surface area contributed by atoms with Crippen LogP contribution < -0.4 is 11.0 Å². The number of nitrogens with zero attached hydrogens (tertiary/aromatic N) is 3. The van der Waals surface area contributed by atoms with Crippen molar-refractivity contribution < 1.29 is 4.92 Å². The van der Waals surface area contributed by atoms with Crippen molar-refractivity contribution in [2.45, 2.75) is 13.8 Å². The number of rotatable bonds is 4. The molecule has 1 heterocycles. The van der Waals surface area contributed by atoms with Crippen LogP contribution in [0.1, 0.15) is 18.1 Å². The molecule has 0 saturated carbocycles. The summed E-state index contributed by atoms with van der Waals surface area (Å²) < 4.78 is 0. The largest absolute Gasteiger partial charge is 0.285 e. The number of H-pyrrole nitrogens is 1. The van der Waals surface area contributed by atoms with Crippen molar-refractivity contribution in [1.82, 2.24) is 10.2 Å². The van der Waals surface area contributed by atoms with Gasteiger partial charge in [0, 0.05) is 17.2 Å². The second-order valence-electron chi connectivity index (χ2n) is 4.49. The minimum atomic E-state index is -0.537. The van der Waals surface area contributed by atoms with Crippen molar-refractivity contribution in [3.63, 3.8) is 0 Å². The van der Waals surface area contributed by atoms with Gasteiger partial charge < -0.3 is 0 Å². The lowest BCUT2D eigenvalue weighted by Gasteiger charge is -2.05. The van der Waals surface area contributed by atoms with Gasteiger partial charge in [-0.05, 0) is 13.8 Å². The van der Waals surface area contributed by atoms with Gasteiger partial charge in [0.1, 0.15) is 10.7 Å². The average molecular weight is 322 g/mol. The Morgan fingerprint density at radius 2 is 2.23 bits per heavy atom. The van der Waals surface area contributed by atoms with Gasteiger partial charge in [0.25, 0.3) is 11.2 Å². The molecule has 0 saturated heterocycles. The Morgan fingerprint density at radius 1 is 1.50 bits per heavy atom. The van der Waals surface area contributed by atoms with E-state index in [0.717, 1.165) is 0 Å². The van der Waals surface area contributed by atoms with E-state index in [-0.39, 0.29) is 16.4 Å². The number of benzene rings is 1. The lowest BCUT2D eigenvalue weighted by Crippen LogP contribution is -2.10. The molecule has 0 radical (unpaired) electrons. The summed E-state index contributed by atoms with van der Waals surface area (Å²) in [7, 11) is 0. The standard InChI is InChI=1S/C13H12ClN5O3/c1-7-3-4-9(5-11(7)19(21)22)8(2)16-17-10-6-15-18-13(20)12(10)14/h3-6H,1-2H3,(H2,17,18,20)/b16-8-. The normalized spacial score (nSPS) is 11.3. The Labute approximate surface area is 130 Å². The van der Waals surface area contributed by atoms with E-state index < -0.39 is 10.5 Å². The summed E-state index contributed by atoms with van der Waals surface area (Å²) in [5.41, 5.74) is 3.99. The second-order valence-corrected chi connectivity index (χ2v) is 4.87. The molecule has 0 atom stereocenters. The summed E-state index contributed by atoms with van der Waals surface area (Å²) in [4.78, 5) is 21.8. The zero-order chi connectivity index (χ0) is 16.3. The van der Waals surface area contributed by atoms with Crippen molar-refractivity contribution >= 4 is 28.7 Å². The molecule has 114 valence electrons. The summed E-state index contributed by atoms with van der Waals surface area (Å²) in [6.07, 6.45) is 1.32. The van der Waals surface area contributed by atoms with Gasteiger partial charge in [-0.1, -0.05) is 23.7 Å². The summed E-state index contributed by atoms with van der Waals surface area (Å²) in [5.74, 6) is 0. The highest BCUT2D eigenvalue weighted by Crippen LogP contribution is 2.20. The minimum Gasteiger partial charge on any atom is -0.275 e. The van der Waals surface area contributed by atoms with Crippen LogP contribution >= 0.6 is 11.6 Å². The number of anilines is 1. The highest BCUT2D eigenvalue weighted by Gasteiger charge is 2.12. The molecule has 0 spiro atoms. The Balaban J connectivity index is 2.30. The molecule has 0 bridgehead atoms. The van der Waals surface area contributed by atoms with Gasteiger partial charge in [-0.2, -0.15) is 10.2 Å². The van der Waals surface area contributed by atoms with Crippen LogP contribution in [0.25, 0.3) is 0 Å². The van der Waals surface area contributed by atoms with E-state index in [1.807, 2.05) is 0 Å². The molecule has 0 aliphatic carbocycles. The Bertz CT molecular complexity index is 816. The quantitative estimate of drug-likeness (QED) is 0.510. The first-order valence-corrected chi connectivity index (χ1v) is 6.57. The molecule has 0 unspecified atom stereocenters. The average Bonchev–Trinajstić information content (AvgIpc) is 2.48. The predicted octanol–water partition coefficient (Wildman–Crippen LogP) is 2.48. The van der Waals surface area contributed by atoms with E-state index >= 15 is 0 Å². The molecule has 2 N–H and O–H groups in total. The Morgan fingerprint density at radius 3 is 2.91 bits per heavy atom. The maximum absolute atomic E-state index is 11.3. The van der Waals surface area contributed by atoms with Gasteiger partial charge in [0.2, 0.25) is 0 Å². The first kappa shape index (κ1) is 15.6. The molecule has 0 aliphatic heterocycles. The zero-order valence-corrected chi connectivity index (χ0v) is 12.5. The first-order chi connectivity index (χ1) is 10.4. The Kier molecular flexibility index (Phi) is 4.52. The van der Waals surface area contributed by atoms with E-state index in [0.29, 0.717) is 16.8 Å². The lowest BCUT2D eigenvalue weighted by molar-refractivity contribution is -0.385. The summed E-state index contributed by atoms with van der Waals surface area (Å²) >= 11 is 5.81. The number of hydrogen-bond donors (Lipinski definition) is 2. The fraction of sp³-hybridized carbons (Fsp3) is 0.154. The maximum Gasteiger partial charge on any atom is 0.285 e. The Hall–Kier alpha value is -2.74. The number of hydrogen-bond acceptors (Lipinski definition) is 6. The molecule has 1 aromatic heterocycles. The lowest BCUT2D eigenvalue weighted by atomic mass is 10.1. The van der Waals surface area contributed by atoms with Crippen molar-refractivity contribution in [3.05, 3.63) is 61.0 Å². The fourth-order valence-electron chi connectivity index (χ4n) is 1.70. The van der Waals surface area contributed by atoms with Gasteiger partial charge in [-0.15, -0.1) is 0 Å². The third kappa shape index (κ3) is 3.29. The highest BCUT2D eigenvalue weighted by atomic mass is 35.5. The number of aromatic nitrogens is 2. The molecule has 0 fully saturated rings. The molecule has 0 amide bonds. The third-order valence-corrected chi connectivity index (χ3v) is 3.34. The highest BCUT2D eigenvalue weighted by molar-refractivity contribution is 6.32. The molecule has 8 nitrogen and oxygen atoms in total. The van der Waals surface area contributed by atoms with E-state index in [1.54, 1.807) is 26.0 Å². The predicted molar refractivity (Wildman–Crippen MR) is 83.5 cm³/mol. The van der Waals surface area contributed by atoms with Crippen LogP contribution in [0.2, 0.25) is 5.02 Å². The van der Waals surface area contributed by atoms with E-state index in [9.17, 15) is 14.9 Å². The number of nitro groups is 1. The topological polar surface area (TPSA) is 113 Å². The number of aromatic amines is 1. The molecule has 2 aromatic rings. The van der Waals surface area contributed by atoms with Crippen LogP contribution in [0.4, 0.5) is 11.4 Å². The van der Waals surface area contributed by atoms with Crippen LogP contribution in [0, 0.1) is 17.0 Å². The van der Waals surface area contributed by atoms with Gasteiger partial charge in [-0.3, -0.25) is 20.3 Å². The molecular formula is C13H12ClN5O3. The van der Waals surface area contributed by atoms with Gasteiger partial charge >= 0.3 is 0 Å². The van der Waals surface area contributed by atoms with Gasteiger partial charge in [-0.25, -0.2) is 5.10 Å². The zero-order valence-electron chi connectivity index (χ0n) is 11.8. The smallest absolute Gasteiger partial charge is 0.275 e. The van der Waals surface area contributed by atoms with E-state index in [2.05, 4.69) is 20.7 Å². The molecule has 0 aliphatic rings. The van der Waals surface area contributed by atoms with Gasteiger partial charge in [0.15, 0.2) is 0 Å². The van der Waals surface area contributed by atoms with Crippen molar-refractivity contribution in [3.8, 4) is 0 Å². The number of aryl methyl sites for hydroxylation is 1. The molecule has 22 heavy (non-hydrogen) atoms. The monoisotopic (exact) mass is 321 g/mol. The van der Waals surface area contributed by atoms with E-state index in [1.165, 1.54) is 12.3 Å².